The van der Waals surface area contributed by atoms with Gasteiger partial charge in [-0.05, 0) is 76.1 Å². The molecule has 1 fully saturated rings. The molecule has 0 aliphatic heterocycles. The highest BCUT2D eigenvalue weighted by atomic mass is 19.1. The Labute approximate surface area is 123 Å². The Morgan fingerprint density at radius 1 is 1.05 bits per heavy atom. The topological polar surface area (TPSA) is 12.0 Å². The smallest absolute Gasteiger partial charge is 0.123 e. The maximum absolute atomic E-state index is 13.0. The summed E-state index contributed by atoms with van der Waals surface area (Å²) in [6.07, 6.45) is 6.44. The van der Waals surface area contributed by atoms with E-state index < -0.39 is 0 Å². The molecule has 1 aromatic carbocycles. The van der Waals surface area contributed by atoms with E-state index in [-0.39, 0.29) is 11.4 Å². The van der Waals surface area contributed by atoms with E-state index in [1.807, 2.05) is 12.1 Å². The SMILES string of the molecule is CC(C)(C)NCC1CCCCC1Cc1ccc(F)cc1. The lowest BCUT2D eigenvalue weighted by Crippen LogP contribution is -2.41. The van der Waals surface area contributed by atoms with E-state index in [1.165, 1.54) is 31.2 Å². The number of benzene rings is 1. The second-order valence-electron chi connectivity index (χ2n) is 7.27. The Balaban J connectivity index is 1.94. The Morgan fingerprint density at radius 2 is 1.65 bits per heavy atom. The van der Waals surface area contributed by atoms with E-state index in [1.54, 1.807) is 12.1 Å². The van der Waals surface area contributed by atoms with Crippen molar-refractivity contribution in [1.29, 1.82) is 0 Å². The maximum atomic E-state index is 13.0. The van der Waals surface area contributed by atoms with Crippen molar-refractivity contribution in [3.8, 4) is 0 Å². The monoisotopic (exact) mass is 277 g/mol. The number of halogens is 1. The summed E-state index contributed by atoms with van der Waals surface area (Å²) < 4.78 is 13.0. The molecule has 1 nitrogen and oxygen atoms in total. The summed E-state index contributed by atoms with van der Waals surface area (Å²) in [5, 5.41) is 3.66. The van der Waals surface area contributed by atoms with Crippen LogP contribution in [0.1, 0.15) is 52.0 Å². The highest BCUT2D eigenvalue weighted by Crippen LogP contribution is 2.32. The minimum Gasteiger partial charge on any atom is -0.312 e. The average Bonchev–Trinajstić information content (AvgIpc) is 2.39. The van der Waals surface area contributed by atoms with Crippen LogP contribution in [-0.2, 0) is 6.42 Å². The first-order valence-corrected chi connectivity index (χ1v) is 7.93. The molecule has 2 atom stereocenters. The van der Waals surface area contributed by atoms with Gasteiger partial charge in [-0.3, -0.25) is 0 Å². The first kappa shape index (κ1) is 15.5. The Bertz CT molecular complexity index is 404. The van der Waals surface area contributed by atoms with Crippen molar-refractivity contribution >= 4 is 0 Å². The van der Waals surface area contributed by atoms with E-state index in [4.69, 9.17) is 0 Å². The fourth-order valence-corrected chi connectivity index (χ4v) is 3.18. The van der Waals surface area contributed by atoms with Crippen LogP contribution in [0.4, 0.5) is 4.39 Å². The van der Waals surface area contributed by atoms with Gasteiger partial charge in [-0.2, -0.15) is 0 Å². The minimum atomic E-state index is -0.136. The van der Waals surface area contributed by atoms with E-state index in [0.29, 0.717) is 0 Å². The molecule has 2 heteroatoms. The summed E-state index contributed by atoms with van der Waals surface area (Å²) >= 11 is 0. The number of rotatable bonds is 4. The molecule has 0 bridgehead atoms. The van der Waals surface area contributed by atoms with E-state index in [9.17, 15) is 4.39 Å². The van der Waals surface area contributed by atoms with Crippen LogP contribution in [0.25, 0.3) is 0 Å². The average molecular weight is 277 g/mol. The van der Waals surface area contributed by atoms with Crippen LogP contribution >= 0.6 is 0 Å². The second-order valence-corrected chi connectivity index (χ2v) is 7.27. The minimum absolute atomic E-state index is 0.136. The highest BCUT2D eigenvalue weighted by molar-refractivity contribution is 5.17. The standard InChI is InChI=1S/C18H28FN/c1-18(2,3)20-13-16-7-5-4-6-15(16)12-14-8-10-17(19)11-9-14/h8-11,15-16,20H,4-7,12-13H2,1-3H3. The number of nitrogens with one attached hydrogen (secondary N) is 1. The van der Waals surface area contributed by atoms with Gasteiger partial charge in [0.05, 0.1) is 0 Å². The Morgan fingerprint density at radius 3 is 2.25 bits per heavy atom. The Hall–Kier alpha value is -0.890. The summed E-state index contributed by atoms with van der Waals surface area (Å²) in [6.45, 7) is 7.79. The zero-order valence-corrected chi connectivity index (χ0v) is 13.1. The predicted octanol–water partition coefficient (Wildman–Crippen LogP) is 4.56. The zero-order valence-electron chi connectivity index (χ0n) is 13.1. The van der Waals surface area contributed by atoms with Gasteiger partial charge in [0.1, 0.15) is 5.82 Å². The van der Waals surface area contributed by atoms with Gasteiger partial charge in [0.25, 0.3) is 0 Å². The fraction of sp³-hybridized carbons (Fsp3) is 0.667. The van der Waals surface area contributed by atoms with Crippen LogP contribution in [-0.4, -0.2) is 12.1 Å². The summed E-state index contributed by atoms with van der Waals surface area (Å²) in [5.41, 5.74) is 1.47. The summed E-state index contributed by atoms with van der Waals surface area (Å²) in [7, 11) is 0. The van der Waals surface area contributed by atoms with Crippen molar-refractivity contribution in [3.05, 3.63) is 35.6 Å². The van der Waals surface area contributed by atoms with Crippen molar-refractivity contribution in [2.24, 2.45) is 11.8 Å². The van der Waals surface area contributed by atoms with Crippen LogP contribution in [0, 0.1) is 17.7 Å². The van der Waals surface area contributed by atoms with Gasteiger partial charge in [-0.15, -0.1) is 0 Å². The third-order valence-corrected chi connectivity index (χ3v) is 4.37. The van der Waals surface area contributed by atoms with Crippen LogP contribution in [0.15, 0.2) is 24.3 Å². The quantitative estimate of drug-likeness (QED) is 0.850. The third-order valence-electron chi connectivity index (χ3n) is 4.37. The van der Waals surface area contributed by atoms with Crippen molar-refractivity contribution in [2.45, 2.75) is 58.4 Å². The van der Waals surface area contributed by atoms with E-state index in [2.05, 4.69) is 26.1 Å². The van der Waals surface area contributed by atoms with E-state index in [0.717, 1.165) is 24.8 Å². The molecule has 0 amide bonds. The number of hydrogen-bond acceptors (Lipinski definition) is 1. The first-order chi connectivity index (χ1) is 9.44. The molecular formula is C18H28FN. The molecule has 1 aromatic rings. The normalized spacial score (nSPS) is 23.8. The third kappa shape index (κ3) is 4.90. The first-order valence-electron chi connectivity index (χ1n) is 7.93. The maximum Gasteiger partial charge on any atom is 0.123 e. The molecule has 1 saturated carbocycles. The van der Waals surface area contributed by atoms with Gasteiger partial charge in [0.15, 0.2) is 0 Å². The molecule has 0 saturated heterocycles. The molecule has 0 heterocycles. The van der Waals surface area contributed by atoms with Gasteiger partial charge in [0.2, 0.25) is 0 Å². The van der Waals surface area contributed by atoms with Crippen molar-refractivity contribution in [1.82, 2.24) is 5.32 Å². The molecule has 20 heavy (non-hydrogen) atoms. The predicted molar refractivity (Wildman–Crippen MR) is 83.3 cm³/mol. The Kier molecular flexibility index (Phi) is 5.20. The molecule has 112 valence electrons. The van der Waals surface area contributed by atoms with Crippen LogP contribution < -0.4 is 5.32 Å². The lowest BCUT2D eigenvalue weighted by atomic mass is 9.76. The van der Waals surface area contributed by atoms with Gasteiger partial charge >= 0.3 is 0 Å². The molecule has 2 unspecified atom stereocenters. The van der Waals surface area contributed by atoms with Gasteiger partial charge in [-0.1, -0.05) is 25.0 Å². The number of hydrogen-bond donors (Lipinski definition) is 1. The second kappa shape index (κ2) is 6.71. The summed E-state index contributed by atoms with van der Waals surface area (Å²) in [4.78, 5) is 0. The van der Waals surface area contributed by atoms with Crippen molar-refractivity contribution in [3.63, 3.8) is 0 Å². The molecule has 1 N–H and O–H groups in total. The van der Waals surface area contributed by atoms with Crippen LogP contribution in [0.5, 0.6) is 0 Å². The molecule has 0 aromatic heterocycles. The lowest BCUT2D eigenvalue weighted by Gasteiger charge is -2.34. The molecular weight excluding hydrogens is 249 g/mol. The van der Waals surface area contributed by atoms with Gasteiger partial charge < -0.3 is 5.32 Å². The van der Waals surface area contributed by atoms with Gasteiger partial charge in [0, 0.05) is 5.54 Å². The largest absolute Gasteiger partial charge is 0.312 e. The molecule has 1 aliphatic rings. The zero-order chi connectivity index (χ0) is 14.6. The van der Waals surface area contributed by atoms with Gasteiger partial charge in [-0.25, -0.2) is 4.39 Å². The van der Waals surface area contributed by atoms with Crippen molar-refractivity contribution in [2.75, 3.05) is 6.54 Å². The van der Waals surface area contributed by atoms with E-state index >= 15 is 0 Å². The van der Waals surface area contributed by atoms with Crippen LogP contribution in [0.2, 0.25) is 0 Å². The molecule has 2 rings (SSSR count). The highest BCUT2D eigenvalue weighted by Gasteiger charge is 2.26. The lowest BCUT2D eigenvalue weighted by molar-refractivity contribution is 0.213. The summed E-state index contributed by atoms with van der Waals surface area (Å²) in [6, 6.07) is 7.05. The van der Waals surface area contributed by atoms with Crippen LogP contribution in [0.3, 0.4) is 0 Å². The molecule has 1 aliphatic carbocycles. The molecule has 0 spiro atoms. The molecule has 0 radical (unpaired) electrons. The summed E-state index contributed by atoms with van der Waals surface area (Å²) in [5.74, 6) is 1.36. The van der Waals surface area contributed by atoms with Crippen molar-refractivity contribution < 1.29 is 4.39 Å². The fourth-order valence-electron chi connectivity index (χ4n) is 3.18.